The van der Waals surface area contributed by atoms with Gasteiger partial charge < -0.3 is 14.5 Å². The Labute approximate surface area is 194 Å². The Morgan fingerprint density at radius 3 is 2.52 bits per heavy atom. The van der Waals surface area contributed by atoms with Gasteiger partial charge in [0.2, 0.25) is 0 Å². The molecule has 1 radical (unpaired) electrons. The average molecular weight is 447 g/mol. The SMILES string of the molecule is O=C(Nc1c(Cl)cncc1Cl)c1ccc(OC(F)F)c2oc3ccncc3c12.[Na]. The molecule has 0 unspecified atom stereocenters. The van der Waals surface area contributed by atoms with Crippen molar-refractivity contribution in [3.8, 4) is 5.75 Å². The molecule has 0 aliphatic heterocycles. The molecule has 29 heavy (non-hydrogen) atoms. The molecule has 6 nitrogen and oxygen atoms in total. The van der Waals surface area contributed by atoms with Crippen LogP contribution in [-0.4, -0.2) is 52.0 Å². The molecule has 11 heteroatoms. The summed E-state index contributed by atoms with van der Waals surface area (Å²) < 4.78 is 35.6. The number of carbonyl (C=O) groups excluding carboxylic acids is 1. The fourth-order valence-electron chi connectivity index (χ4n) is 2.79. The molecule has 0 atom stereocenters. The van der Waals surface area contributed by atoms with Gasteiger partial charge in [-0.05, 0) is 18.2 Å². The smallest absolute Gasteiger partial charge is 0.387 e. The number of carbonyl (C=O) groups is 1. The van der Waals surface area contributed by atoms with E-state index < -0.39 is 12.5 Å². The van der Waals surface area contributed by atoms with Gasteiger partial charge in [0.25, 0.3) is 5.91 Å². The van der Waals surface area contributed by atoms with Crippen molar-refractivity contribution in [2.75, 3.05) is 5.32 Å². The summed E-state index contributed by atoms with van der Waals surface area (Å²) in [4.78, 5) is 20.7. The van der Waals surface area contributed by atoms with Crippen molar-refractivity contribution < 1.29 is 22.7 Å². The Hall–Kier alpha value is -1.97. The van der Waals surface area contributed by atoms with Gasteiger partial charge in [0.1, 0.15) is 5.58 Å². The van der Waals surface area contributed by atoms with Gasteiger partial charge in [0, 0.05) is 65.1 Å². The van der Waals surface area contributed by atoms with E-state index in [9.17, 15) is 13.6 Å². The van der Waals surface area contributed by atoms with E-state index in [0.29, 0.717) is 11.0 Å². The van der Waals surface area contributed by atoms with Crippen LogP contribution in [0.25, 0.3) is 21.9 Å². The number of nitrogens with zero attached hydrogens (tertiary/aromatic N) is 2. The van der Waals surface area contributed by atoms with Gasteiger partial charge in [-0.2, -0.15) is 8.78 Å². The maximum atomic E-state index is 12.9. The number of furan rings is 1. The summed E-state index contributed by atoms with van der Waals surface area (Å²) in [6.07, 6.45) is 5.61. The molecule has 4 rings (SSSR count). The zero-order valence-electron chi connectivity index (χ0n) is 14.7. The fourth-order valence-corrected chi connectivity index (χ4v) is 3.25. The molecule has 0 bridgehead atoms. The molecule has 1 aromatic carbocycles. The third kappa shape index (κ3) is 4.17. The zero-order chi connectivity index (χ0) is 19.8. The van der Waals surface area contributed by atoms with E-state index in [1.165, 1.54) is 36.9 Å². The minimum absolute atomic E-state index is 0. The summed E-state index contributed by atoms with van der Waals surface area (Å²) in [6, 6.07) is 4.13. The number of halogens is 4. The predicted molar refractivity (Wildman–Crippen MR) is 106 cm³/mol. The average Bonchev–Trinajstić information content (AvgIpc) is 3.05. The molecule has 0 saturated carbocycles. The van der Waals surface area contributed by atoms with Crippen LogP contribution in [0.4, 0.5) is 14.5 Å². The number of amides is 1. The van der Waals surface area contributed by atoms with Gasteiger partial charge in [-0.3, -0.25) is 14.8 Å². The summed E-state index contributed by atoms with van der Waals surface area (Å²) in [5.74, 6) is -0.770. The molecule has 143 valence electrons. The number of aromatic nitrogens is 2. The van der Waals surface area contributed by atoms with Gasteiger partial charge in [-0.15, -0.1) is 0 Å². The second kappa shape index (κ2) is 8.81. The Bertz CT molecular complexity index is 1200. The quantitative estimate of drug-likeness (QED) is 0.438. The molecule has 3 heterocycles. The zero-order valence-corrected chi connectivity index (χ0v) is 18.3. The Balaban J connectivity index is 0.00000240. The molecule has 0 aliphatic rings. The van der Waals surface area contributed by atoms with Crippen LogP contribution in [0.1, 0.15) is 10.4 Å². The van der Waals surface area contributed by atoms with Gasteiger partial charge in [-0.25, -0.2) is 0 Å². The van der Waals surface area contributed by atoms with Crippen LogP contribution in [0.2, 0.25) is 10.0 Å². The number of fused-ring (bicyclic) bond motifs is 3. The first-order valence-electron chi connectivity index (χ1n) is 7.80. The summed E-state index contributed by atoms with van der Waals surface area (Å²) in [7, 11) is 0. The van der Waals surface area contributed by atoms with Crippen LogP contribution < -0.4 is 10.1 Å². The molecular weight excluding hydrogens is 438 g/mol. The summed E-state index contributed by atoms with van der Waals surface area (Å²) in [6.45, 7) is -3.05. The third-order valence-electron chi connectivity index (χ3n) is 3.94. The maximum Gasteiger partial charge on any atom is 0.387 e. The molecule has 3 aromatic heterocycles. The molecule has 1 N–H and O–H groups in total. The van der Waals surface area contributed by atoms with Crippen LogP contribution in [0.5, 0.6) is 5.75 Å². The minimum atomic E-state index is -3.05. The van der Waals surface area contributed by atoms with Crippen molar-refractivity contribution in [2.45, 2.75) is 6.61 Å². The van der Waals surface area contributed by atoms with E-state index in [1.54, 1.807) is 6.07 Å². The number of rotatable bonds is 4. The topological polar surface area (TPSA) is 77.2 Å². The fraction of sp³-hybridized carbons (Fsp3) is 0.0556. The van der Waals surface area contributed by atoms with Crippen molar-refractivity contribution in [3.05, 3.63) is 58.6 Å². The van der Waals surface area contributed by atoms with Gasteiger partial charge >= 0.3 is 6.61 Å². The molecule has 0 saturated heterocycles. The minimum Gasteiger partial charge on any atom is -0.452 e. The number of hydrogen-bond donors (Lipinski definition) is 1. The molecular formula is C18H9Cl2F2N3NaO3. The van der Waals surface area contributed by atoms with Crippen molar-refractivity contribution in [1.82, 2.24) is 9.97 Å². The van der Waals surface area contributed by atoms with Crippen LogP contribution in [0.15, 0.2) is 47.4 Å². The molecule has 0 spiro atoms. The van der Waals surface area contributed by atoms with E-state index in [1.807, 2.05) is 0 Å². The van der Waals surface area contributed by atoms with Crippen molar-refractivity contribution >= 4 is 86.3 Å². The number of benzene rings is 1. The van der Waals surface area contributed by atoms with Crippen molar-refractivity contribution in [2.24, 2.45) is 0 Å². The number of anilines is 1. The Kier molecular flexibility index (Phi) is 6.60. The molecule has 1 amide bonds. The van der Waals surface area contributed by atoms with E-state index >= 15 is 0 Å². The van der Waals surface area contributed by atoms with E-state index in [2.05, 4.69) is 20.0 Å². The number of hydrogen-bond acceptors (Lipinski definition) is 5. The van der Waals surface area contributed by atoms with Crippen LogP contribution in [0.3, 0.4) is 0 Å². The standard InChI is InChI=1S/C18H9Cl2F2N3O3.Na/c19-10-6-24-7-11(20)15(10)25-17(26)8-1-2-13(28-18(21)22)16-14(8)9-5-23-4-3-12(9)27-16;/h1-7,18H,(H,24,25,26);. The second-order valence-corrected chi connectivity index (χ2v) is 6.41. The van der Waals surface area contributed by atoms with Crippen LogP contribution in [0, 0.1) is 0 Å². The second-order valence-electron chi connectivity index (χ2n) is 5.60. The first kappa shape index (κ1) is 21.7. The summed E-state index contributed by atoms with van der Waals surface area (Å²) in [5, 5.41) is 3.65. The number of alkyl halides is 2. The van der Waals surface area contributed by atoms with Crippen LogP contribution >= 0.6 is 23.2 Å². The van der Waals surface area contributed by atoms with Gasteiger partial charge in [-0.1, -0.05) is 23.2 Å². The van der Waals surface area contributed by atoms with E-state index in [0.717, 1.165) is 0 Å². The molecule has 4 aromatic rings. The van der Waals surface area contributed by atoms with E-state index in [4.69, 9.17) is 27.6 Å². The Morgan fingerprint density at radius 2 is 1.83 bits per heavy atom. The first-order valence-corrected chi connectivity index (χ1v) is 8.55. The first-order chi connectivity index (χ1) is 13.5. The van der Waals surface area contributed by atoms with Gasteiger partial charge in [0.05, 0.1) is 21.3 Å². The number of pyridine rings is 2. The van der Waals surface area contributed by atoms with Crippen molar-refractivity contribution in [1.29, 1.82) is 0 Å². The van der Waals surface area contributed by atoms with Crippen LogP contribution in [-0.2, 0) is 0 Å². The maximum absolute atomic E-state index is 12.9. The Morgan fingerprint density at radius 1 is 1.10 bits per heavy atom. The van der Waals surface area contributed by atoms with Crippen molar-refractivity contribution in [3.63, 3.8) is 0 Å². The van der Waals surface area contributed by atoms with Gasteiger partial charge in [0.15, 0.2) is 11.3 Å². The normalized spacial score (nSPS) is 10.9. The monoisotopic (exact) mass is 446 g/mol. The number of nitrogens with one attached hydrogen (secondary N) is 1. The summed E-state index contributed by atoms with van der Waals surface area (Å²) >= 11 is 12.1. The largest absolute Gasteiger partial charge is 0.452 e. The predicted octanol–water partition coefficient (Wildman–Crippen LogP) is 5.16. The number of ether oxygens (including phenoxy) is 1. The molecule has 0 fully saturated rings. The summed E-state index contributed by atoms with van der Waals surface area (Å²) in [5.41, 5.74) is 0.690. The molecule has 0 aliphatic carbocycles. The van der Waals surface area contributed by atoms with E-state index in [-0.39, 0.29) is 67.6 Å². The third-order valence-corrected chi connectivity index (χ3v) is 4.51.